The Bertz CT molecular complexity index is 682. The van der Waals surface area contributed by atoms with E-state index in [9.17, 15) is 9.59 Å². The second-order valence-electron chi connectivity index (χ2n) is 7.75. The van der Waals surface area contributed by atoms with Gasteiger partial charge in [0.25, 0.3) is 0 Å². The van der Waals surface area contributed by atoms with Crippen LogP contribution in [-0.2, 0) is 9.59 Å². The molecule has 0 aromatic heterocycles. The monoisotopic (exact) mass is 357 g/mol. The quantitative estimate of drug-likeness (QED) is 0.863. The summed E-state index contributed by atoms with van der Waals surface area (Å²) in [6.07, 6.45) is 2.68. The van der Waals surface area contributed by atoms with Crippen LogP contribution in [0.1, 0.15) is 37.2 Å². The molecule has 4 aliphatic heterocycles. The Morgan fingerprint density at radius 1 is 1.12 bits per heavy atom. The molecule has 4 fully saturated rings. The molecule has 0 radical (unpaired) electrons. The number of hydrogen-bond donors (Lipinski definition) is 1. The van der Waals surface area contributed by atoms with E-state index >= 15 is 0 Å². The smallest absolute Gasteiger partial charge is 0.223 e. The van der Waals surface area contributed by atoms with Crippen LogP contribution >= 0.6 is 0 Å². The first-order chi connectivity index (χ1) is 12.6. The van der Waals surface area contributed by atoms with E-state index in [4.69, 9.17) is 10.5 Å². The largest absolute Gasteiger partial charge is 0.497 e. The number of fused-ring (bicyclic) bond motifs is 2. The fraction of sp³-hybridized carbons (Fsp3) is 0.600. The Balaban J connectivity index is 1.60. The van der Waals surface area contributed by atoms with E-state index in [1.165, 1.54) is 5.56 Å². The fourth-order valence-electron chi connectivity index (χ4n) is 5.22. The number of ether oxygens (including phenoxy) is 1. The van der Waals surface area contributed by atoms with Gasteiger partial charge in [-0.3, -0.25) is 14.5 Å². The number of rotatable bonds is 5. The van der Waals surface area contributed by atoms with Crippen molar-refractivity contribution in [3.63, 3.8) is 0 Å². The summed E-state index contributed by atoms with van der Waals surface area (Å²) >= 11 is 0. The Labute approximate surface area is 154 Å². The molecule has 0 spiro atoms. The zero-order chi connectivity index (χ0) is 18.3. The van der Waals surface area contributed by atoms with E-state index in [-0.39, 0.29) is 24.8 Å². The Hall–Kier alpha value is -2.08. The van der Waals surface area contributed by atoms with Crippen molar-refractivity contribution in [3.8, 4) is 5.75 Å². The lowest BCUT2D eigenvalue weighted by atomic mass is 9.75. The molecule has 6 nitrogen and oxygen atoms in total. The van der Waals surface area contributed by atoms with E-state index in [0.717, 1.165) is 38.2 Å². The average molecular weight is 357 g/mol. The van der Waals surface area contributed by atoms with Crippen molar-refractivity contribution >= 4 is 11.8 Å². The van der Waals surface area contributed by atoms with Crippen LogP contribution in [0.15, 0.2) is 24.3 Å². The summed E-state index contributed by atoms with van der Waals surface area (Å²) in [4.78, 5) is 28.6. The van der Waals surface area contributed by atoms with E-state index in [1.807, 2.05) is 12.1 Å². The first kappa shape index (κ1) is 17.3. The van der Waals surface area contributed by atoms with Gasteiger partial charge < -0.3 is 15.4 Å². The number of carbonyl (C=O) groups excluding carboxylic acids is 2. The van der Waals surface area contributed by atoms with Crippen molar-refractivity contribution in [2.45, 2.75) is 43.7 Å². The number of methoxy groups -OCH3 is 1. The predicted molar refractivity (Wildman–Crippen MR) is 97.7 cm³/mol. The van der Waals surface area contributed by atoms with Crippen LogP contribution in [0, 0.1) is 5.92 Å². The molecule has 26 heavy (non-hydrogen) atoms. The van der Waals surface area contributed by atoms with Crippen LogP contribution in [0.4, 0.5) is 0 Å². The number of hydrogen-bond acceptors (Lipinski definition) is 4. The van der Waals surface area contributed by atoms with Gasteiger partial charge in [-0.1, -0.05) is 12.1 Å². The Kier molecular flexibility index (Phi) is 4.61. The van der Waals surface area contributed by atoms with Crippen LogP contribution in [0.3, 0.4) is 0 Å². The van der Waals surface area contributed by atoms with E-state index < -0.39 is 5.91 Å². The molecule has 0 unspecified atom stereocenters. The molecule has 140 valence electrons. The number of amides is 2. The van der Waals surface area contributed by atoms with Gasteiger partial charge in [0.1, 0.15) is 5.75 Å². The number of nitrogens with two attached hydrogens (primary N) is 1. The third-order valence-corrected chi connectivity index (χ3v) is 6.44. The maximum absolute atomic E-state index is 12.8. The van der Waals surface area contributed by atoms with Crippen LogP contribution in [0.25, 0.3) is 0 Å². The number of carbonyl (C=O) groups is 2. The van der Waals surface area contributed by atoms with Crippen LogP contribution < -0.4 is 10.5 Å². The van der Waals surface area contributed by atoms with Gasteiger partial charge in [-0.25, -0.2) is 0 Å². The summed E-state index contributed by atoms with van der Waals surface area (Å²) in [5.74, 6) is 1.40. The van der Waals surface area contributed by atoms with Gasteiger partial charge in [-0.05, 0) is 49.5 Å². The zero-order valence-corrected chi connectivity index (χ0v) is 15.3. The lowest BCUT2D eigenvalue weighted by Crippen LogP contribution is -2.60. The molecular formula is C20H27N3O3. The fourth-order valence-corrected chi connectivity index (χ4v) is 5.22. The molecule has 4 saturated heterocycles. The molecule has 0 saturated carbocycles. The Morgan fingerprint density at radius 3 is 2.42 bits per heavy atom. The van der Waals surface area contributed by atoms with E-state index in [2.05, 4.69) is 21.9 Å². The average Bonchev–Trinajstić information content (AvgIpc) is 3.10. The zero-order valence-electron chi connectivity index (χ0n) is 15.3. The predicted octanol–water partition coefficient (Wildman–Crippen LogP) is 1.35. The van der Waals surface area contributed by atoms with Gasteiger partial charge in [-0.15, -0.1) is 0 Å². The number of nitrogens with zero attached hydrogens (tertiary/aromatic N) is 2. The summed E-state index contributed by atoms with van der Waals surface area (Å²) < 4.78 is 5.28. The highest BCUT2D eigenvalue weighted by Crippen LogP contribution is 2.46. The summed E-state index contributed by atoms with van der Waals surface area (Å²) in [6.45, 7) is 2.98. The minimum Gasteiger partial charge on any atom is -0.497 e. The molecule has 4 heterocycles. The van der Waals surface area contributed by atoms with Gasteiger partial charge in [-0.2, -0.15) is 0 Å². The number of piperidine rings is 3. The van der Waals surface area contributed by atoms with Gasteiger partial charge in [0.05, 0.1) is 13.2 Å². The first-order valence-electron chi connectivity index (χ1n) is 9.54. The molecular weight excluding hydrogens is 330 g/mol. The molecule has 0 aliphatic carbocycles. The minimum absolute atomic E-state index is 0.0727. The van der Waals surface area contributed by atoms with Crippen molar-refractivity contribution in [1.82, 2.24) is 9.80 Å². The molecule has 4 aliphatic rings. The topological polar surface area (TPSA) is 75.9 Å². The summed E-state index contributed by atoms with van der Waals surface area (Å²) in [5.41, 5.74) is 6.51. The normalized spacial score (nSPS) is 32.3. The highest BCUT2D eigenvalue weighted by Gasteiger charge is 2.54. The van der Waals surface area contributed by atoms with Crippen LogP contribution in [0.5, 0.6) is 5.75 Å². The third kappa shape index (κ3) is 2.96. The lowest BCUT2D eigenvalue weighted by molar-refractivity contribution is -0.137. The molecule has 6 heteroatoms. The number of benzene rings is 1. The maximum Gasteiger partial charge on any atom is 0.223 e. The summed E-state index contributed by atoms with van der Waals surface area (Å²) in [5, 5.41) is 0. The van der Waals surface area contributed by atoms with Crippen molar-refractivity contribution in [2.24, 2.45) is 11.7 Å². The molecule has 2 amide bonds. The lowest BCUT2D eigenvalue weighted by Gasteiger charge is -2.51. The second-order valence-corrected chi connectivity index (χ2v) is 7.75. The van der Waals surface area contributed by atoms with Gasteiger partial charge in [0.2, 0.25) is 11.8 Å². The molecule has 2 bridgehead atoms. The highest BCUT2D eigenvalue weighted by molar-refractivity contribution is 5.83. The van der Waals surface area contributed by atoms with Gasteiger partial charge in [0, 0.05) is 31.3 Å². The van der Waals surface area contributed by atoms with Crippen molar-refractivity contribution in [2.75, 3.05) is 26.7 Å². The highest BCUT2D eigenvalue weighted by atomic mass is 16.5. The molecule has 1 aromatic carbocycles. The molecule has 1 aromatic rings. The van der Waals surface area contributed by atoms with Gasteiger partial charge >= 0.3 is 0 Å². The summed E-state index contributed by atoms with van der Waals surface area (Å²) in [6, 6.07) is 8.90. The summed E-state index contributed by atoms with van der Waals surface area (Å²) in [7, 11) is 1.67. The van der Waals surface area contributed by atoms with Gasteiger partial charge in [0.15, 0.2) is 0 Å². The van der Waals surface area contributed by atoms with Crippen LogP contribution in [-0.4, -0.2) is 60.4 Å². The first-order valence-corrected chi connectivity index (χ1v) is 9.54. The van der Waals surface area contributed by atoms with Crippen LogP contribution in [0.2, 0.25) is 0 Å². The molecule has 5 rings (SSSR count). The number of likely N-dealkylation sites (tertiary alicyclic amines) is 1. The minimum atomic E-state index is -0.408. The van der Waals surface area contributed by atoms with Crippen molar-refractivity contribution < 1.29 is 14.3 Å². The van der Waals surface area contributed by atoms with E-state index in [0.29, 0.717) is 17.9 Å². The second kappa shape index (κ2) is 6.91. The van der Waals surface area contributed by atoms with Crippen molar-refractivity contribution in [1.29, 1.82) is 0 Å². The van der Waals surface area contributed by atoms with Crippen molar-refractivity contribution in [3.05, 3.63) is 29.8 Å². The SMILES string of the molecule is COc1ccc([C@@H]2CN(C(=O)CCC(N)=O)[C@@H]3C4CCN(CC4)[C@@H]32)cc1. The van der Waals surface area contributed by atoms with E-state index in [1.54, 1.807) is 7.11 Å². The third-order valence-electron chi connectivity index (χ3n) is 6.44. The maximum atomic E-state index is 12.8. The number of primary amides is 1. The molecule has 2 N–H and O–H groups in total. The standard InChI is InChI=1S/C20H27N3O3/c1-26-15-4-2-13(3-5-15)16-12-23(18(25)7-6-17(21)24)19-14-8-10-22(11-9-14)20(16)19/h2-5,14,16,19-20H,6-12H2,1H3,(H2,21,24)/t16-,19+,20+/m0/s1. The molecule has 3 atom stereocenters. The Morgan fingerprint density at radius 2 is 1.81 bits per heavy atom.